The van der Waals surface area contributed by atoms with Gasteiger partial charge in [-0.2, -0.15) is 0 Å². The monoisotopic (exact) mass is 237 g/mol. The zero-order chi connectivity index (χ0) is 12.5. The average Bonchev–Trinajstić information content (AvgIpc) is 2.31. The second kappa shape index (κ2) is 8.09. The predicted octanol–water partition coefficient (Wildman–Crippen LogP) is 2.34. The van der Waals surface area contributed by atoms with Crippen LogP contribution in [-0.4, -0.2) is 24.4 Å². The molecule has 3 heteroatoms. The summed E-state index contributed by atoms with van der Waals surface area (Å²) in [6, 6.07) is 8.04. The highest BCUT2D eigenvalue weighted by molar-refractivity contribution is 5.33. The van der Waals surface area contributed by atoms with Crippen molar-refractivity contribution in [3.63, 3.8) is 0 Å². The van der Waals surface area contributed by atoms with E-state index in [4.69, 9.17) is 4.74 Å². The van der Waals surface area contributed by atoms with Crippen LogP contribution in [0.25, 0.3) is 0 Å². The third kappa shape index (κ3) is 5.71. The van der Waals surface area contributed by atoms with Crippen LogP contribution in [0.1, 0.15) is 32.3 Å². The van der Waals surface area contributed by atoms with Crippen LogP contribution in [0.15, 0.2) is 24.3 Å². The molecule has 0 saturated heterocycles. The Morgan fingerprint density at radius 2 is 2.12 bits per heavy atom. The Morgan fingerprint density at radius 3 is 2.82 bits per heavy atom. The van der Waals surface area contributed by atoms with Crippen molar-refractivity contribution in [1.29, 1.82) is 0 Å². The van der Waals surface area contributed by atoms with Crippen LogP contribution in [0.2, 0.25) is 0 Å². The Labute approximate surface area is 104 Å². The SMILES string of the molecule is CCCCOc1ccccc1CNCC(C)O. The molecule has 1 unspecified atom stereocenters. The van der Waals surface area contributed by atoms with Crippen molar-refractivity contribution in [3.8, 4) is 5.75 Å². The van der Waals surface area contributed by atoms with E-state index in [1.165, 1.54) is 0 Å². The summed E-state index contributed by atoms with van der Waals surface area (Å²) in [5, 5.41) is 12.4. The van der Waals surface area contributed by atoms with Gasteiger partial charge >= 0.3 is 0 Å². The molecule has 0 aromatic heterocycles. The summed E-state index contributed by atoms with van der Waals surface area (Å²) >= 11 is 0. The van der Waals surface area contributed by atoms with Crippen molar-refractivity contribution in [2.24, 2.45) is 0 Å². The standard InChI is InChI=1S/C14H23NO2/c1-3-4-9-17-14-8-6-5-7-13(14)11-15-10-12(2)16/h5-8,12,15-16H,3-4,9-11H2,1-2H3. The van der Waals surface area contributed by atoms with Crippen molar-refractivity contribution in [3.05, 3.63) is 29.8 Å². The van der Waals surface area contributed by atoms with Gasteiger partial charge in [-0.15, -0.1) is 0 Å². The van der Waals surface area contributed by atoms with Crippen LogP contribution in [0, 0.1) is 0 Å². The highest BCUT2D eigenvalue weighted by atomic mass is 16.5. The van der Waals surface area contributed by atoms with Gasteiger partial charge in [0.15, 0.2) is 0 Å². The molecule has 0 aliphatic carbocycles. The summed E-state index contributed by atoms with van der Waals surface area (Å²) < 4.78 is 5.73. The molecule has 1 rings (SSSR count). The Bertz CT molecular complexity index is 313. The Hall–Kier alpha value is -1.06. The highest BCUT2D eigenvalue weighted by Gasteiger charge is 2.03. The zero-order valence-electron chi connectivity index (χ0n) is 10.8. The highest BCUT2D eigenvalue weighted by Crippen LogP contribution is 2.17. The second-order valence-corrected chi connectivity index (χ2v) is 4.29. The van der Waals surface area contributed by atoms with E-state index >= 15 is 0 Å². The fraction of sp³-hybridized carbons (Fsp3) is 0.571. The van der Waals surface area contributed by atoms with Crippen LogP contribution < -0.4 is 10.1 Å². The van der Waals surface area contributed by atoms with Crippen molar-refractivity contribution >= 4 is 0 Å². The number of nitrogens with one attached hydrogen (secondary N) is 1. The number of aliphatic hydroxyl groups is 1. The van der Waals surface area contributed by atoms with E-state index in [9.17, 15) is 5.11 Å². The van der Waals surface area contributed by atoms with Crippen LogP contribution in [0.5, 0.6) is 5.75 Å². The van der Waals surface area contributed by atoms with Crippen LogP contribution in [0.4, 0.5) is 0 Å². The first kappa shape index (κ1) is 14.0. The van der Waals surface area contributed by atoms with E-state index in [0.717, 1.165) is 37.3 Å². The molecule has 3 nitrogen and oxygen atoms in total. The normalized spacial score (nSPS) is 12.4. The largest absolute Gasteiger partial charge is 0.493 e. The summed E-state index contributed by atoms with van der Waals surface area (Å²) in [6.07, 6.45) is 1.90. The fourth-order valence-corrected chi connectivity index (χ4v) is 1.53. The summed E-state index contributed by atoms with van der Waals surface area (Å²) in [4.78, 5) is 0. The molecule has 1 aromatic carbocycles. The van der Waals surface area contributed by atoms with E-state index < -0.39 is 0 Å². The summed E-state index contributed by atoms with van der Waals surface area (Å²) in [6.45, 7) is 6.02. The van der Waals surface area contributed by atoms with E-state index in [1.54, 1.807) is 6.92 Å². The van der Waals surface area contributed by atoms with E-state index in [1.807, 2.05) is 18.2 Å². The number of aliphatic hydroxyl groups excluding tert-OH is 1. The summed E-state index contributed by atoms with van der Waals surface area (Å²) in [5.74, 6) is 0.944. The van der Waals surface area contributed by atoms with Crippen LogP contribution >= 0.6 is 0 Å². The molecule has 1 atom stereocenters. The lowest BCUT2D eigenvalue weighted by atomic mass is 10.2. The van der Waals surface area contributed by atoms with Gasteiger partial charge in [0.1, 0.15) is 5.75 Å². The molecule has 0 spiro atoms. The molecule has 0 aliphatic heterocycles. The molecule has 96 valence electrons. The Morgan fingerprint density at radius 1 is 1.35 bits per heavy atom. The van der Waals surface area contributed by atoms with Crippen molar-refractivity contribution in [1.82, 2.24) is 5.32 Å². The summed E-state index contributed by atoms with van der Waals surface area (Å²) in [7, 11) is 0. The molecule has 0 aliphatic rings. The van der Waals surface area contributed by atoms with Gasteiger partial charge in [-0.05, 0) is 19.4 Å². The van der Waals surface area contributed by atoms with Gasteiger partial charge in [0.25, 0.3) is 0 Å². The molecule has 0 bridgehead atoms. The minimum absolute atomic E-state index is 0.317. The van der Waals surface area contributed by atoms with Crippen molar-refractivity contribution in [2.45, 2.75) is 39.3 Å². The van der Waals surface area contributed by atoms with E-state index in [-0.39, 0.29) is 6.10 Å². The molecular formula is C14H23NO2. The lowest BCUT2D eigenvalue weighted by molar-refractivity contribution is 0.190. The Balaban J connectivity index is 2.46. The predicted molar refractivity (Wildman–Crippen MR) is 70.2 cm³/mol. The second-order valence-electron chi connectivity index (χ2n) is 4.29. The molecule has 0 amide bonds. The van der Waals surface area contributed by atoms with E-state index in [0.29, 0.717) is 6.54 Å². The number of hydrogen-bond donors (Lipinski definition) is 2. The first-order valence-electron chi connectivity index (χ1n) is 6.33. The maximum absolute atomic E-state index is 9.18. The van der Waals surface area contributed by atoms with Crippen molar-refractivity contribution < 1.29 is 9.84 Å². The molecule has 17 heavy (non-hydrogen) atoms. The topological polar surface area (TPSA) is 41.5 Å². The minimum atomic E-state index is -0.317. The first-order valence-corrected chi connectivity index (χ1v) is 6.33. The van der Waals surface area contributed by atoms with Gasteiger partial charge in [0.2, 0.25) is 0 Å². The molecular weight excluding hydrogens is 214 g/mol. The third-order valence-electron chi connectivity index (χ3n) is 2.48. The number of unbranched alkanes of at least 4 members (excludes halogenated alkanes) is 1. The van der Waals surface area contributed by atoms with Gasteiger partial charge in [0, 0.05) is 18.7 Å². The maximum atomic E-state index is 9.18. The molecule has 1 aromatic rings. The van der Waals surface area contributed by atoms with Crippen molar-refractivity contribution in [2.75, 3.05) is 13.2 Å². The minimum Gasteiger partial charge on any atom is -0.493 e. The number of para-hydroxylation sites is 1. The lowest BCUT2D eigenvalue weighted by Gasteiger charge is -2.12. The smallest absolute Gasteiger partial charge is 0.123 e. The zero-order valence-corrected chi connectivity index (χ0v) is 10.8. The number of rotatable bonds is 8. The number of benzene rings is 1. The Kier molecular flexibility index (Phi) is 6.67. The molecule has 0 heterocycles. The number of ether oxygens (including phenoxy) is 1. The maximum Gasteiger partial charge on any atom is 0.123 e. The third-order valence-corrected chi connectivity index (χ3v) is 2.48. The first-order chi connectivity index (χ1) is 8.24. The lowest BCUT2D eigenvalue weighted by Crippen LogP contribution is -2.24. The van der Waals surface area contributed by atoms with Crippen LogP contribution in [-0.2, 0) is 6.54 Å². The summed E-state index contributed by atoms with van der Waals surface area (Å²) in [5.41, 5.74) is 1.14. The van der Waals surface area contributed by atoms with E-state index in [2.05, 4.69) is 18.3 Å². The van der Waals surface area contributed by atoms with Crippen LogP contribution in [0.3, 0.4) is 0 Å². The number of hydrogen-bond acceptors (Lipinski definition) is 3. The van der Waals surface area contributed by atoms with Gasteiger partial charge < -0.3 is 15.2 Å². The average molecular weight is 237 g/mol. The van der Waals surface area contributed by atoms with Gasteiger partial charge in [0.05, 0.1) is 12.7 Å². The van der Waals surface area contributed by atoms with Gasteiger partial charge in [-0.25, -0.2) is 0 Å². The van der Waals surface area contributed by atoms with Gasteiger partial charge in [-0.1, -0.05) is 31.5 Å². The van der Waals surface area contributed by atoms with Gasteiger partial charge in [-0.3, -0.25) is 0 Å². The fourth-order valence-electron chi connectivity index (χ4n) is 1.53. The molecule has 0 radical (unpaired) electrons. The molecule has 2 N–H and O–H groups in total. The molecule has 0 fully saturated rings. The quantitative estimate of drug-likeness (QED) is 0.682. The molecule has 0 saturated carbocycles.